The van der Waals surface area contributed by atoms with Crippen LogP contribution in [0.25, 0.3) is 0 Å². The van der Waals surface area contributed by atoms with E-state index in [0.29, 0.717) is 56.5 Å². The average Bonchev–Trinajstić information content (AvgIpc) is 3.75. The van der Waals surface area contributed by atoms with Crippen molar-refractivity contribution < 1.29 is 41.0 Å². The third-order valence-corrected chi connectivity index (χ3v) is 9.33. The summed E-state index contributed by atoms with van der Waals surface area (Å²) in [5.41, 5.74) is -1.05. The molecule has 1 spiro atoms. The molecule has 1 aliphatic carbocycles. The van der Waals surface area contributed by atoms with Gasteiger partial charge in [-0.2, -0.15) is 26.3 Å². The van der Waals surface area contributed by atoms with Crippen LogP contribution < -0.4 is 4.74 Å². The number of nitrogens with zero attached hydrogens (tertiary/aromatic N) is 1. The van der Waals surface area contributed by atoms with Gasteiger partial charge in [0.1, 0.15) is 11.4 Å². The van der Waals surface area contributed by atoms with Gasteiger partial charge >= 0.3 is 18.3 Å². The van der Waals surface area contributed by atoms with Crippen molar-refractivity contribution in [1.82, 2.24) is 4.90 Å². The van der Waals surface area contributed by atoms with Crippen molar-refractivity contribution in [2.75, 3.05) is 13.1 Å². The van der Waals surface area contributed by atoms with Crippen molar-refractivity contribution in [1.29, 1.82) is 0 Å². The highest BCUT2D eigenvalue weighted by atomic mass is 19.4. The molecule has 1 saturated carbocycles. The highest BCUT2D eigenvalue weighted by Gasteiger charge is 2.43. The topological polar surface area (TPSA) is 49.8 Å². The summed E-state index contributed by atoms with van der Waals surface area (Å²) < 4.78 is 88.2. The van der Waals surface area contributed by atoms with Gasteiger partial charge in [-0.25, -0.2) is 0 Å². The first kappa shape index (κ1) is 29.7. The molecule has 41 heavy (non-hydrogen) atoms. The maximum absolute atomic E-state index is 13.8. The fraction of sp³-hybridized carbons (Fsp3) is 0.581. The standard InChI is InChI=1S/C31H35F6NO3/c1-18(28(39)40)27(21-5-6-21)22-7-4-20-10-12-29(41-26(20)16-22)11-3-14-38(15-13-29)19(2)24-17-23(30(32,33)34)8-9-25(24)31(35,36)37/h4,7-9,16-19,21,27H,3,5-6,10-15H2,1-2H3,(H,39,40)/t18-,19-,27-,29?/m0/s1. The molecule has 5 rings (SSSR count). The second-order valence-corrected chi connectivity index (χ2v) is 12.0. The quantitative estimate of drug-likeness (QED) is 0.348. The maximum atomic E-state index is 13.8. The first-order valence-electron chi connectivity index (χ1n) is 14.3. The summed E-state index contributed by atoms with van der Waals surface area (Å²) in [6, 6.07) is 6.78. The minimum Gasteiger partial charge on any atom is -0.487 e. The largest absolute Gasteiger partial charge is 0.487 e. The lowest BCUT2D eigenvalue weighted by Gasteiger charge is -2.39. The predicted molar refractivity (Wildman–Crippen MR) is 141 cm³/mol. The zero-order chi connectivity index (χ0) is 29.7. The SMILES string of the molecule is C[C@H](C(=O)O)[C@H](c1ccc2c(c1)OC1(CCCN([C@@H](C)c3cc(C(F)(F)F)ccc3C(F)(F)F)CC1)CC2)C1CC1. The number of halogens is 6. The van der Waals surface area contributed by atoms with Crippen LogP contribution in [0.15, 0.2) is 36.4 Å². The molecule has 224 valence electrons. The van der Waals surface area contributed by atoms with E-state index in [1.165, 1.54) is 6.92 Å². The van der Waals surface area contributed by atoms with Gasteiger partial charge in [-0.3, -0.25) is 9.69 Å². The Hall–Kier alpha value is -2.75. The summed E-state index contributed by atoms with van der Waals surface area (Å²) in [4.78, 5) is 13.6. The molecule has 10 heteroatoms. The van der Waals surface area contributed by atoms with Gasteiger partial charge in [-0.15, -0.1) is 0 Å². The monoisotopic (exact) mass is 583 g/mol. The lowest BCUT2D eigenvalue weighted by molar-refractivity contribution is -0.142. The summed E-state index contributed by atoms with van der Waals surface area (Å²) in [6.45, 7) is 4.09. The molecule has 4 atom stereocenters. The van der Waals surface area contributed by atoms with Crippen LogP contribution in [-0.4, -0.2) is 34.7 Å². The number of carboxylic acid groups (broad SMARTS) is 1. The van der Waals surface area contributed by atoms with E-state index in [1.54, 1.807) is 6.92 Å². The minimum atomic E-state index is -4.77. The number of alkyl halides is 6. The fourth-order valence-electron chi connectivity index (χ4n) is 6.77. The van der Waals surface area contributed by atoms with Crippen LogP contribution in [-0.2, 0) is 23.6 Å². The fourth-order valence-corrected chi connectivity index (χ4v) is 6.77. The van der Waals surface area contributed by atoms with Crippen molar-refractivity contribution in [3.8, 4) is 5.75 Å². The lowest BCUT2D eigenvalue weighted by Crippen LogP contribution is -2.41. The van der Waals surface area contributed by atoms with Gasteiger partial charge in [0.2, 0.25) is 0 Å². The summed E-state index contributed by atoms with van der Waals surface area (Å²) in [5, 5.41) is 9.67. The van der Waals surface area contributed by atoms with E-state index in [-0.39, 0.29) is 11.5 Å². The van der Waals surface area contributed by atoms with Crippen molar-refractivity contribution >= 4 is 5.97 Å². The summed E-state index contributed by atoms with van der Waals surface area (Å²) in [7, 11) is 0. The number of aryl methyl sites for hydroxylation is 1. The molecule has 0 radical (unpaired) electrons. The maximum Gasteiger partial charge on any atom is 0.416 e. The van der Waals surface area contributed by atoms with Gasteiger partial charge in [0.15, 0.2) is 0 Å². The number of hydrogen-bond donors (Lipinski definition) is 1. The van der Waals surface area contributed by atoms with Crippen molar-refractivity contribution in [3.63, 3.8) is 0 Å². The first-order chi connectivity index (χ1) is 19.2. The lowest BCUT2D eigenvalue weighted by atomic mass is 9.81. The summed E-state index contributed by atoms with van der Waals surface area (Å²) >= 11 is 0. The molecule has 2 aliphatic heterocycles. The Bertz CT molecular complexity index is 1290. The van der Waals surface area contributed by atoms with E-state index in [4.69, 9.17) is 4.74 Å². The molecule has 0 aromatic heterocycles. The minimum absolute atomic E-state index is 0.0972. The van der Waals surface area contributed by atoms with Crippen LogP contribution in [0.1, 0.15) is 92.1 Å². The predicted octanol–water partition coefficient (Wildman–Crippen LogP) is 8.25. The number of carbonyl (C=O) groups is 1. The zero-order valence-electron chi connectivity index (χ0n) is 23.1. The second-order valence-electron chi connectivity index (χ2n) is 12.0. The zero-order valence-corrected chi connectivity index (χ0v) is 23.1. The summed E-state index contributed by atoms with van der Waals surface area (Å²) in [5.74, 6) is -0.384. The molecule has 0 amide bonds. The second kappa shape index (κ2) is 10.8. The van der Waals surface area contributed by atoms with Gasteiger partial charge < -0.3 is 9.84 Å². The number of ether oxygens (including phenoxy) is 1. The van der Waals surface area contributed by atoms with E-state index in [0.717, 1.165) is 42.6 Å². The Morgan fingerprint density at radius 1 is 0.976 bits per heavy atom. The van der Waals surface area contributed by atoms with E-state index in [1.807, 2.05) is 23.1 Å². The van der Waals surface area contributed by atoms with Crippen LogP contribution >= 0.6 is 0 Å². The molecule has 1 saturated heterocycles. The van der Waals surface area contributed by atoms with E-state index in [2.05, 4.69) is 0 Å². The van der Waals surface area contributed by atoms with Crippen LogP contribution in [0.4, 0.5) is 26.3 Å². The Labute approximate surface area is 235 Å². The molecule has 1 N–H and O–H groups in total. The highest BCUT2D eigenvalue weighted by molar-refractivity contribution is 5.71. The Morgan fingerprint density at radius 2 is 1.71 bits per heavy atom. The molecule has 3 aliphatic rings. The number of carboxylic acids is 1. The number of rotatable bonds is 6. The van der Waals surface area contributed by atoms with E-state index < -0.39 is 47.0 Å². The van der Waals surface area contributed by atoms with E-state index in [9.17, 15) is 36.2 Å². The molecule has 0 bridgehead atoms. The van der Waals surface area contributed by atoms with Crippen LogP contribution in [0.2, 0.25) is 0 Å². The van der Waals surface area contributed by atoms with Gasteiger partial charge in [-0.1, -0.05) is 19.1 Å². The van der Waals surface area contributed by atoms with E-state index >= 15 is 0 Å². The normalized spacial score (nSPS) is 24.2. The number of aliphatic carboxylic acids is 1. The molecule has 2 heterocycles. The van der Waals surface area contributed by atoms with Crippen LogP contribution in [0.5, 0.6) is 5.75 Å². The molecule has 2 aromatic carbocycles. The molecular weight excluding hydrogens is 548 g/mol. The smallest absolute Gasteiger partial charge is 0.416 e. The van der Waals surface area contributed by atoms with Crippen molar-refractivity contribution in [2.45, 2.75) is 88.7 Å². The number of likely N-dealkylation sites (tertiary alicyclic amines) is 1. The Morgan fingerprint density at radius 3 is 2.34 bits per heavy atom. The Kier molecular flexibility index (Phi) is 7.85. The van der Waals surface area contributed by atoms with Crippen molar-refractivity contribution in [2.24, 2.45) is 11.8 Å². The third kappa shape index (κ3) is 6.22. The summed E-state index contributed by atoms with van der Waals surface area (Å²) in [6.07, 6.45) is -4.20. The highest BCUT2D eigenvalue weighted by Crippen LogP contribution is 2.49. The molecule has 4 nitrogen and oxygen atoms in total. The number of fused-ring (bicyclic) bond motifs is 1. The number of hydrogen-bond acceptors (Lipinski definition) is 3. The molecule has 2 aromatic rings. The van der Waals surface area contributed by atoms with Crippen LogP contribution in [0, 0.1) is 11.8 Å². The average molecular weight is 584 g/mol. The number of benzene rings is 2. The first-order valence-corrected chi connectivity index (χ1v) is 14.3. The van der Waals surface area contributed by atoms with Gasteiger partial charge in [0.05, 0.1) is 17.0 Å². The third-order valence-electron chi connectivity index (χ3n) is 9.33. The van der Waals surface area contributed by atoms with Crippen molar-refractivity contribution in [3.05, 3.63) is 64.2 Å². The van der Waals surface area contributed by atoms with Crippen LogP contribution in [0.3, 0.4) is 0 Å². The van der Waals surface area contributed by atoms with Gasteiger partial charge in [-0.05, 0) is 111 Å². The molecule has 2 fully saturated rings. The van der Waals surface area contributed by atoms with Gasteiger partial charge in [0, 0.05) is 12.6 Å². The molecular formula is C31H35F6NO3. The molecule has 1 unspecified atom stereocenters. The Balaban J connectivity index is 1.36. The van der Waals surface area contributed by atoms with Gasteiger partial charge in [0.25, 0.3) is 0 Å².